The fourth-order valence-corrected chi connectivity index (χ4v) is 2.68. The van der Waals surface area contributed by atoms with Crippen molar-refractivity contribution >= 4 is 17.3 Å². The molecule has 1 amide bonds. The molecule has 7 heteroatoms. The third-order valence-electron chi connectivity index (χ3n) is 3.74. The minimum absolute atomic E-state index is 0.0433. The lowest BCUT2D eigenvalue weighted by molar-refractivity contribution is -0.384. The van der Waals surface area contributed by atoms with E-state index < -0.39 is 10.8 Å². The van der Waals surface area contributed by atoms with Crippen molar-refractivity contribution in [3.8, 4) is 0 Å². The highest BCUT2D eigenvalue weighted by molar-refractivity contribution is 5.95. The van der Waals surface area contributed by atoms with Crippen LogP contribution in [0.4, 0.5) is 11.4 Å². The summed E-state index contributed by atoms with van der Waals surface area (Å²) in [6.07, 6.45) is 2.16. The Balaban J connectivity index is 2.27. The van der Waals surface area contributed by atoms with Gasteiger partial charge >= 0.3 is 0 Å². The van der Waals surface area contributed by atoms with Crippen molar-refractivity contribution in [1.82, 2.24) is 5.48 Å². The molecule has 0 aromatic heterocycles. The van der Waals surface area contributed by atoms with Crippen LogP contribution in [0.2, 0.25) is 0 Å². The standard InChI is InChI=1S/C15H21N3O4/c1-3-22-16-15(19)12-6-7-13(14(9-12)18(20)21)17-8-4-5-11(2)10-17/h6-7,9,11H,3-5,8,10H2,1-2H3,(H,16,19). The van der Waals surface area contributed by atoms with Gasteiger partial charge in [-0.1, -0.05) is 6.92 Å². The summed E-state index contributed by atoms with van der Waals surface area (Å²) in [4.78, 5) is 29.6. The van der Waals surface area contributed by atoms with Crippen molar-refractivity contribution in [1.29, 1.82) is 0 Å². The number of benzene rings is 1. The first kappa shape index (κ1) is 16.2. The average molecular weight is 307 g/mol. The molecule has 0 aliphatic carbocycles. The van der Waals surface area contributed by atoms with Crippen LogP contribution in [0.15, 0.2) is 18.2 Å². The normalized spacial score (nSPS) is 18.1. The number of nitrogens with zero attached hydrogens (tertiary/aromatic N) is 2. The summed E-state index contributed by atoms with van der Waals surface area (Å²) >= 11 is 0. The topological polar surface area (TPSA) is 84.7 Å². The zero-order valence-electron chi connectivity index (χ0n) is 12.9. The maximum absolute atomic E-state index is 11.8. The first-order valence-electron chi connectivity index (χ1n) is 7.48. The van der Waals surface area contributed by atoms with Crippen molar-refractivity contribution < 1.29 is 14.6 Å². The summed E-state index contributed by atoms with van der Waals surface area (Å²) in [5.74, 6) is 0.0257. The van der Waals surface area contributed by atoms with E-state index in [4.69, 9.17) is 4.84 Å². The molecule has 2 rings (SSSR count). The molecule has 1 unspecified atom stereocenters. The summed E-state index contributed by atoms with van der Waals surface area (Å²) in [6, 6.07) is 4.55. The predicted molar refractivity (Wildman–Crippen MR) is 82.8 cm³/mol. The number of carbonyl (C=O) groups is 1. The number of nitro groups is 1. The van der Waals surface area contributed by atoms with Crippen molar-refractivity contribution in [3.63, 3.8) is 0 Å². The number of hydrogen-bond donors (Lipinski definition) is 1. The van der Waals surface area contributed by atoms with Gasteiger partial charge in [0.05, 0.1) is 11.5 Å². The SMILES string of the molecule is CCONC(=O)c1ccc(N2CCCC(C)C2)c([N+](=O)[O-])c1. The number of hydrogen-bond acceptors (Lipinski definition) is 5. The van der Waals surface area contributed by atoms with E-state index in [1.807, 2.05) is 4.90 Å². The van der Waals surface area contributed by atoms with E-state index in [1.165, 1.54) is 6.07 Å². The van der Waals surface area contributed by atoms with Gasteiger partial charge in [-0.05, 0) is 37.8 Å². The lowest BCUT2D eigenvalue weighted by Crippen LogP contribution is -2.34. The number of nitrogens with one attached hydrogen (secondary N) is 1. The first-order valence-corrected chi connectivity index (χ1v) is 7.48. The second-order valence-electron chi connectivity index (χ2n) is 5.52. The van der Waals surface area contributed by atoms with Gasteiger partial charge in [-0.25, -0.2) is 5.48 Å². The number of carbonyl (C=O) groups excluding carboxylic acids is 1. The highest BCUT2D eigenvalue weighted by Gasteiger charge is 2.25. The Kier molecular flexibility index (Phi) is 5.32. The second kappa shape index (κ2) is 7.22. The van der Waals surface area contributed by atoms with Crippen molar-refractivity contribution in [2.75, 3.05) is 24.6 Å². The van der Waals surface area contributed by atoms with Crippen LogP contribution in [-0.4, -0.2) is 30.5 Å². The minimum Gasteiger partial charge on any atom is -0.366 e. The molecule has 1 aliphatic rings. The van der Waals surface area contributed by atoms with E-state index in [1.54, 1.807) is 19.1 Å². The Bertz CT molecular complexity index is 562. The average Bonchev–Trinajstić information content (AvgIpc) is 2.52. The van der Waals surface area contributed by atoms with Gasteiger partial charge in [-0.15, -0.1) is 0 Å². The molecule has 1 atom stereocenters. The molecule has 0 radical (unpaired) electrons. The maximum atomic E-state index is 11.8. The molecule has 7 nitrogen and oxygen atoms in total. The molecule has 1 heterocycles. The summed E-state index contributed by atoms with van der Waals surface area (Å²) in [5, 5.41) is 11.4. The molecule has 120 valence electrons. The van der Waals surface area contributed by atoms with E-state index in [0.717, 1.165) is 25.9 Å². The van der Waals surface area contributed by atoms with Crippen LogP contribution >= 0.6 is 0 Å². The molecule has 1 aromatic rings. The molecule has 22 heavy (non-hydrogen) atoms. The van der Waals surface area contributed by atoms with Crippen molar-refractivity contribution in [2.45, 2.75) is 26.7 Å². The molecule has 1 aromatic carbocycles. The minimum atomic E-state index is -0.483. The number of anilines is 1. The van der Waals surface area contributed by atoms with Crippen LogP contribution in [0.1, 0.15) is 37.0 Å². The highest BCUT2D eigenvalue weighted by Crippen LogP contribution is 2.32. The van der Waals surface area contributed by atoms with Gasteiger partial charge in [0.2, 0.25) is 0 Å². The molecule has 0 bridgehead atoms. The van der Waals surface area contributed by atoms with Crippen LogP contribution in [0, 0.1) is 16.0 Å². The molecule has 1 saturated heterocycles. The Morgan fingerprint density at radius 3 is 2.95 bits per heavy atom. The molecule has 1 fully saturated rings. The van der Waals surface area contributed by atoms with Gasteiger partial charge < -0.3 is 4.90 Å². The molecular weight excluding hydrogens is 286 g/mol. The predicted octanol–water partition coefficient (Wildman–Crippen LogP) is 2.51. The van der Waals surface area contributed by atoms with Gasteiger partial charge in [0, 0.05) is 24.7 Å². The molecule has 1 aliphatic heterocycles. The van der Waals surface area contributed by atoms with Crippen LogP contribution in [0.3, 0.4) is 0 Å². The number of rotatable bonds is 5. The number of amides is 1. The molecule has 0 saturated carbocycles. The van der Waals surface area contributed by atoms with E-state index in [0.29, 0.717) is 18.2 Å². The number of nitro benzene ring substituents is 1. The zero-order valence-corrected chi connectivity index (χ0v) is 12.9. The fourth-order valence-electron chi connectivity index (χ4n) is 2.68. The van der Waals surface area contributed by atoms with Crippen LogP contribution < -0.4 is 10.4 Å². The Morgan fingerprint density at radius 2 is 2.32 bits per heavy atom. The lowest BCUT2D eigenvalue weighted by Gasteiger charge is -2.32. The quantitative estimate of drug-likeness (QED) is 0.667. The second-order valence-corrected chi connectivity index (χ2v) is 5.52. The van der Waals surface area contributed by atoms with Crippen molar-refractivity contribution in [3.05, 3.63) is 33.9 Å². The Hall–Kier alpha value is -2.15. The zero-order chi connectivity index (χ0) is 16.1. The third kappa shape index (κ3) is 3.73. The van der Waals surface area contributed by atoms with Gasteiger partial charge in [-0.3, -0.25) is 19.7 Å². The van der Waals surface area contributed by atoms with E-state index >= 15 is 0 Å². The summed E-state index contributed by atoms with van der Waals surface area (Å²) < 4.78 is 0. The molecule has 0 spiro atoms. The molecule has 1 N–H and O–H groups in total. The Labute approximate surface area is 129 Å². The number of hydroxylamine groups is 1. The largest absolute Gasteiger partial charge is 0.366 e. The highest BCUT2D eigenvalue weighted by atomic mass is 16.6. The smallest absolute Gasteiger partial charge is 0.293 e. The van der Waals surface area contributed by atoms with E-state index in [-0.39, 0.29) is 11.3 Å². The first-order chi connectivity index (χ1) is 10.5. The van der Waals surface area contributed by atoms with E-state index in [2.05, 4.69) is 12.4 Å². The summed E-state index contributed by atoms with van der Waals surface area (Å²) in [6.45, 7) is 5.81. The van der Waals surface area contributed by atoms with Gasteiger partial charge in [0.25, 0.3) is 11.6 Å². The Morgan fingerprint density at radius 1 is 1.55 bits per heavy atom. The van der Waals surface area contributed by atoms with Crippen LogP contribution in [-0.2, 0) is 4.84 Å². The number of piperidine rings is 1. The molecular formula is C15H21N3O4. The van der Waals surface area contributed by atoms with Gasteiger partial charge in [0.1, 0.15) is 5.69 Å². The van der Waals surface area contributed by atoms with Gasteiger partial charge in [0.15, 0.2) is 0 Å². The monoisotopic (exact) mass is 307 g/mol. The fraction of sp³-hybridized carbons (Fsp3) is 0.533. The lowest BCUT2D eigenvalue weighted by atomic mass is 9.99. The van der Waals surface area contributed by atoms with Crippen LogP contribution in [0.25, 0.3) is 0 Å². The van der Waals surface area contributed by atoms with E-state index in [9.17, 15) is 14.9 Å². The van der Waals surface area contributed by atoms with Gasteiger partial charge in [-0.2, -0.15) is 0 Å². The van der Waals surface area contributed by atoms with Crippen molar-refractivity contribution in [2.24, 2.45) is 5.92 Å². The summed E-state index contributed by atoms with van der Waals surface area (Å²) in [5.41, 5.74) is 2.99. The summed E-state index contributed by atoms with van der Waals surface area (Å²) in [7, 11) is 0. The third-order valence-corrected chi connectivity index (χ3v) is 3.74. The maximum Gasteiger partial charge on any atom is 0.293 e. The van der Waals surface area contributed by atoms with Crippen LogP contribution in [0.5, 0.6) is 0 Å².